The van der Waals surface area contributed by atoms with Gasteiger partial charge in [-0.15, -0.1) is 0 Å². The number of aryl methyl sites for hydroxylation is 1. The number of aldehydes is 1. The van der Waals surface area contributed by atoms with E-state index < -0.39 is 0 Å². The molecule has 0 aliphatic heterocycles. The Labute approximate surface area is 116 Å². The van der Waals surface area contributed by atoms with Gasteiger partial charge in [0, 0.05) is 16.0 Å². The number of nitrogens with one attached hydrogen (secondary N) is 1. The third-order valence-corrected chi connectivity index (χ3v) is 3.80. The SMILES string of the molecule is Cc1c(Cl)ccc2c(C=O)c(-c3ccccc3)[nH]c12. The summed E-state index contributed by atoms with van der Waals surface area (Å²) in [6.45, 7) is 1.95. The van der Waals surface area contributed by atoms with E-state index in [1.165, 1.54) is 0 Å². The zero-order valence-electron chi connectivity index (χ0n) is 10.4. The molecule has 0 aliphatic carbocycles. The van der Waals surface area contributed by atoms with Crippen LogP contribution in [-0.2, 0) is 0 Å². The lowest BCUT2D eigenvalue weighted by Gasteiger charge is -1.98. The van der Waals surface area contributed by atoms with Gasteiger partial charge in [-0.1, -0.05) is 48.0 Å². The second-order valence-electron chi connectivity index (χ2n) is 4.49. The van der Waals surface area contributed by atoms with Gasteiger partial charge in [0.2, 0.25) is 0 Å². The predicted molar refractivity (Wildman–Crippen MR) is 78.9 cm³/mol. The highest BCUT2D eigenvalue weighted by atomic mass is 35.5. The molecule has 2 aromatic carbocycles. The number of H-pyrrole nitrogens is 1. The number of aromatic amines is 1. The van der Waals surface area contributed by atoms with E-state index in [0.717, 1.165) is 34.0 Å². The highest BCUT2D eigenvalue weighted by Gasteiger charge is 2.14. The van der Waals surface area contributed by atoms with Crippen LogP contribution in [0.15, 0.2) is 42.5 Å². The van der Waals surface area contributed by atoms with Gasteiger partial charge in [-0.2, -0.15) is 0 Å². The highest BCUT2D eigenvalue weighted by Crippen LogP contribution is 2.33. The van der Waals surface area contributed by atoms with Gasteiger partial charge in [-0.25, -0.2) is 0 Å². The molecule has 0 bridgehead atoms. The Hall–Kier alpha value is -2.06. The van der Waals surface area contributed by atoms with Crippen LogP contribution in [0, 0.1) is 6.92 Å². The van der Waals surface area contributed by atoms with Gasteiger partial charge in [0.25, 0.3) is 0 Å². The van der Waals surface area contributed by atoms with Crippen molar-refractivity contribution in [2.45, 2.75) is 6.92 Å². The molecule has 3 rings (SSSR count). The van der Waals surface area contributed by atoms with Crippen molar-refractivity contribution >= 4 is 28.8 Å². The largest absolute Gasteiger partial charge is 0.354 e. The Morgan fingerprint density at radius 1 is 1.11 bits per heavy atom. The fraction of sp³-hybridized carbons (Fsp3) is 0.0625. The first-order valence-electron chi connectivity index (χ1n) is 6.03. The van der Waals surface area contributed by atoms with Gasteiger partial charge in [0.1, 0.15) is 0 Å². The van der Waals surface area contributed by atoms with Crippen molar-refractivity contribution in [3.05, 3.63) is 58.6 Å². The first kappa shape index (κ1) is 12.0. The number of hydrogen-bond donors (Lipinski definition) is 1. The molecule has 3 heteroatoms. The van der Waals surface area contributed by atoms with E-state index in [2.05, 4.69) is 4.98 Å². The van der Waals surface area contributed by atoms with Crippen molar-refractivity contribution in [1.82, 2.24) is 4.98 Å². The van der Waals surface area contributed by atoms with Crippen molar-refractivity contribution in [3.8, 4) is 11.3 Å². The number of fused-ring (bicyclic) bond motifs is 1. The van der Waals surface area contributed by atoms with Crippen molar-refractivity contribution in [2.75, 3.05) is 0 Å². The molecule has 0 radical (unpaired) electrons. The minimum absolute atomic E-state index is 0.681. The van der Waals surface area contributed by atoms with E-state index in [4.69, 9.17) is 11.6 Å². The predicted octanol–water partition coefficient (Wildman–Crippen LogP) is 4.61. The summed E-state index contributed by atoms with van der Waals surface area (Å²) in [5.41, 5.74) is 4.41. The molecule has 94 valence electrons. The summed E-state index contributed by atoms with van der Waals surface area (Å²) in [4.78, 5) is 14.7. The molecular weight excluding hydrogens is 258 g/mol. The summed E-state index contributed by atoms with van der Waals surface area (Å²) in [5.74, 6) is 0. The van der Waals surface area contributed by atoms with Gasteiger partial charge in [-0.05, 0) is 24.1 Å². The Balaban J connectivity index is 2.38. The van der Waals surface area contributed by atoms with Crippen LogP contribution in [0.1, 0.15) is 15.9 Å². The normalized spacial score (nSPS) is 10.8. The van der Waals surface area contributed by atoms with Crippen LogP contribution in [0.3, 0.4) is 0 Å². The maximum atomic E-state index is 11.4. The molecule has 1 heterocycles. The molecule has 1 aromatic heterocycles. The van der Waals surface area contributed by atoms with E-state index >= 15 is 0 Å². The van der Waals surface area contributed by atoms with E-state index in [0.29, 0.717) is 10.6 Å². The molecule has 0 fully saturated rings. The lowest BCUT2D eigenvalue weighted by atomic mass is 10.1. The Kier molecular flexibility index (Phi) is 2.88. The van der Waals surface area contributed by atoms with Crippen LogP contribution < -0.4 is 0 Å². The van der Waals surface area contributed by atoms with Crippen LogP contribution in [0.5, 0.6) is 0 Å². The standard InChI is InChI=1S/C16H12ClNO/c1-10-14(17)8-7-12-13(9-19)16(18-15(10)12)11-5-3-2-4-6-11/h2-9,18H,1H3. The monoisotopic (exact) mass is 269 g/mol. The fourth-order valence-corrected chi connectivity index (χ4v) is 2.51. The molecule has 0 saturated heterocycles. The summed E-state index contributed by atoms with van der Waals surface area (Å²) in [7, 11) is 0. The van der Waals surface area contributed by atoms with Crippen LogP contribution in [0.2, 0.25) is 5.02 Å². The summed E-state index contributed by atoms with van der Waals surface area (Å²) in [6, 6.07) is 13.5. The zero-order chi connectivity index (χ0) is 13.4. The molecular formula is C16H12ClNO. The number of hydrogen-bond acceptors (Lipinski definition) is 1. The van der Waals surface area contributed by atoms with E-state index in [9.17, 15) is 4.79 Å². The van der Waals surface area contributed by atoms with Gasteiger partial charge >= 0.3 is 0 Å². The van der Waals surface area contributed by atoms with Crippen LogP contribution in [-0.4, -0.2) is 11.3 Å². The second kappa shape index (κ2) is 4.56. The summed E-state index contributed by atoms with van der Waals surface area (Å²) >= 11 is 6.13. The maximum absolute atomic E-state index is 11.4. The molecule has 0 saturated carbocycles. The van der Waals surface area contributed by atoms with Crippen molar-refractivity contribution in [2.24, 2.45) is 0 Å². The molecule has 0 amide bonds. The van der Waals surface area contributed by atoms with Crippen molar-refractivity contribution in [3.63, 3.8) is 0 Å². The molecule has 1 N–H and O–H groups in total. The Bertz CT molecular complexity index is 759. The number of halogens is 1. The third kappa shape index (κ3) is 1.85. The quantitative estimate of drug-likeness (QED) is 0.677. The molecule has 2 nitrogen and oxygen atoms in total. The van der Waals surface area contributed by atoms with Crippen molar-refractivity contribution in [1.29, 1.82) is 0 Å². The number of aromatic nitrogens is 1. The number of carbonyl (C=O) groups excluding carboxylic acids is 1. The summed E-state index contributed by atoms with van der Waals surface area (Å²) < 4.78 is 0. The molecule has 0 aliphatic rings. The zero-order valence-corrected chi connectivity index (χ0v) is 11.2. The minimum atomic E-state index is 0.681. The summed E-state index contributed by atoms with van der Waals surface area (Å²) in [5, 5.41) is 1.61. The minimum Gasteiger partial charge on any atom is -0.354 e. The molecule has 3 aromatic rings. The van der Waals surface area contributed by atoms with Crippen LogP contribution in [0.4, 0.5) is 0 Å². The first-order valence-corrected chi connectivity index (χ1v) is 6.41. The maximum Gasteiger partial charge on any atom is 0.152 e. The van der Waals surface area contributed by atoms with Crippen LogP contribution in [0.25, 0.3) is 22.2 Å². The van der Waals surface area contributed by atoms with E-state index in [1.807, 2.05) is 49.4 Å². The molecule has 19 heavy (non-hydrogen) atoms. The fourth-order valence-electron chi connectivity index (χ4n) is 2.35. The van der Waals surface area contributed by atoms with Crippen molar-refractivity contribution < 1.29 is 4.79 Å². The molecule has 0 atom stereocenters. The Morgan fingerprint density at radius 2 is 1.84 bits per heavy atom. The average Bonchev–Trinajstić information content (AvgIpc) is 2.83. The lowest BCUT2D eigenvalue weighted by Crippen LogP contribution is -1.83. The molecule has 0 spiro atoms. The lowest BCUT2D eigenvalue weighted by molar-refractivity contribution is 0.112. The molecule has 0 unspecified atom stereocenters. The second-order valence-corrected chi connectivity index (χ2v) is 4.90. The van der Waals surface area contributed by atoms with Gasteiger partial charge in [0.05, 0.1) is 11.2 Å². The third-order valence-electron chi connectivity index (χ3n) is 3.39. The van der Waals surface area contributed by atoms with E-state index in [1.54, 1.807) is 0 Å². The first-order chi connectivity index (χ1) is 9.22. The van der Waals surface area contributed by atoms with Gasteiger partial charge < -0.3 is 4.98 Å². The van der Waals surface area contributed by atoms with Gasteiger partial charge in [-0.3, -0.25) is 4.79 Å². The smallest absolute Gasteiger partial charge is 0.152 e. The topological polar surface area (TPSA) is 32.9 Å². The number of carbonyl (C=O) groups is 1. The summed E-state index contributed by atoms with van der Waals surface area (Å²) in [6.07, 6.45) is 0.897. The Morgan fingerprint density at radius 3 is 2.53 bits per heavy atom. The number of benzene rings is 2. The van der Waals surface area contributed by atoms with Crippen LogP contribution >= 0.6 is 11.6 Å². The number of rotatable bonds is 2. The highest BCUT2D eigenvalue weighted by molar-refractivity contribution is 6.32. The van der Waals surface area contributed by atoms with E-state index in [-0.39, 0.29) is 0 Å². The average molecular weight is 270 g/mol. The van der Waals surface area contributed by atoms with Gasteiger partial charge in [0.15, 0.2) is 6.29 Å².